The lowest BCUT2D eigenvalue weighted by Crippen LogP contribution is -2.07. The lowest BCUT2D eigenvalue weighted by atomic mass is 9.83. The maximum atomic E-state index is 2.37. The highest BCUT2D eigenvalue weighted by Crippen LogP contribution is 2.36. The van der Waals surface area contributed by atoms with Crippen LogP contribution in [0.1, 0.15) is 38.5 Å². The Morgan fingerprint density at radius 1 is 0.938 bits per heavy atom. The quantitative estimate of drug-likeness (QED) is 0.629. The lowest BCUT2D eigenvalue weighted by Gasteiger charge is -2.22. The lowest BCUT2D eigenvalue weighted by molar-refractivity contribution is 0.357. The highest BCUT2D eigenvalue weighted by molar-refractivity contribution is 5.48. The van der Waals surface area contributed by atoms with Gasteiger partial charge in [0.2, 0.25) is 0 Å². The van der Waals surface area contributed by atoms with Crippen LogP contribution in [0.2, 0.25) is 0 Å². The molecule has 3 aliphatic rings. The molecule has 0 amide bonds. The van der Waals surface area contributed by atoms with Gasteiger partial charge in [0.15, 0.2) is 0 Å². The molecule has 0 spiro atoms. The highest BCUT2D eigenvalue weighted by atomic mass is 14.3. The van der Waals surface area contributed by atoms with Crippen LogP contribution in [0.5, 0.6) is 0 Å². The first-order valence-electron chi connectivity index (χ1n) is 6.69. The van der Waals surface area contributed by atoms with Crippen molar-refractivity contribution < 1.29 is 0 Å². The first-order valence-corrected chi connectivity index (χ1v) is 6.69. The van der Waals surface area contributed by atoms with Gasteiger partial charge in [0, 0.05) is 5.92 Å². The van der Waals surface area contributed by atoms with E-state index in [1.807, 2.05) is 0 Å². The average molecular weight is 212 g/mol. The van der Waals surface area contributed by atoms with Crippen LogP contribution >= 0.6 is 0 Å². The predicted molar refractivity (Wildman–Crippen MR) is 69.1 cm³/mol. The zero-order valence-corrected chi connectivity index (χ0v) is 9.86. The standard InChI is InChI=1S/C16H20/c1-2-6-13(7-3-1)12-15-11-10-14-8-4-5-9-16(14)15/h4-5,8-11,13-14H,1-3,6-7,12H2. The van der Waals surface area contributed by atoms with Gasteiger partial charge in [0.05, 0.1) is 0 Å². The molecule has 0 saturated heterocycles. The molecular formula is C16H20. The molecule has 84 valence electrons. The van der Waals surface area contributed by atoms with Gasteiger partial charge >= 0.3 is 0 Å². The number of hydrogen-bond acceptors (Lipinski definition) is 0. The normalized spacial score (nSPS) is 28.9. The molecule has 1 atom stereocenters. The molecule has 0 nitrogen and oxygen atoms in total. The summed E-state index contributed by atoms with van der Waals surface area (Å²) in [7, 11) is 0. The van der Waals surface area contributed by atoms with Crippen molar-refractivity contribution in [1.29, 1.82) is 0 Å². The van der Waals surface area contributed by atoms with Gasteiger partial charge in [0.25, 0.3) is 0 Å². The molecule has 0 heteroatoms. The van der Waals surface area contributed by atoms with Crippen molar-refractivity contribution in [3.8, 4) is 0 Å². The van der Waals surface area contributed by atoms with Crippen molar-refractivity contribution in [2.45, 2.75) is 38.5 Å². The minimum absolute atomic E-state index is 0.587. The molecule has 1 fully saturated rings. The number of rotatable bonds is 2. The molecular weight excluding hydrogens is 192 g/mol. The van der Waals surface area contributed by atoms with Crippen molar-refractivity contribution in [3.63, 3.8) is 0 Å². The molecule has 0 aromatic rings. The molecule has 3 aliphatic carbocycles. The monoisotopic (exact) mass is 212 g/mol. The molecule has 1 saturated carbocycles. The Morgan fingerprint density at radius 2 is 1.81 bits per heavy atom. The van der Waals surface area contributed by atoms with Crippen molar-refractivity contribution >= 4 is 0 Å². The van der Waals surface area contributed by atoms with Crippen molar-refractivity contribution in [1.82, 2.24) is 0 Å². The van der Waals surface area contributed by atoms with Crippen molar-refractivity contribution in [3.05, 3.63) is 47.6 Å². The van der Waals surface area contributed by atoms with E-state index in [-0.39, 0.29) is 0 Å². The maximum Gasteiger partial charge on any atom is 0.0207 e. The van der Waals surface area contributed by atoms with Gasteiger partial charge in [-0.15, -0.1) is 0 Å². The Bertz CT molecular complexity index is 373. The Hall–Kier alpha value is -1.04. The third-order valence-electron chi connectivity index (χ3n) is 4.17. The molecule has 0 aliphatic heterocycles. The molecule has 0 N–H and O–H groups in total. The van der Waals surface area contributed by atoms with E-state index in [0.29, 0.717) is 5.92 Å². The van der Waals surface area contributed by atoms with Crippen LogP contribution in [0.25, 0.3) is 0 Å². The van der Waals surface area contributed by atoms with Gasteiger partial charge in [-0.3, -0.25) is 0 Å². The number of fused-ring (bicyclic) bond motifs is 1. The SMILES string of the molecule is C1=CC2=C(CC3CCCCC3)C=CC2C=C1. The first-order chi connectivity index (χ1) is 7.93. The summed E-state index contributed by atoms with van der Waals surface area (Å²) in [4.78, 5) is 0. The van der Waals surface area contributed by atoms with Gasteiger partial charge in [-0.05, 0) is 23.5 Å². The average Bonchev–Trinajstić information content (AvgIpc) is 2.74. The number of allylic oxidation sites excluding steroid dienone is 8. The fourth-order valence-corrected chi connectivity index (χ4v) is 3.25. The molecule has 16 heavy (non-hydrogen) atoms. The maximum absolute atomic E-state index is 2.37. The van der Waals surface area contributed by atoms with Crippen molar-refractivity contribution in [2.75, 3.05) is 0 Å². The minimum atomic E-state index is 0.587. The second-order valence-electron chi connectivity index (χ2n) is 5.32. The Kier molecular flexibility index (Phi) is 2.82. The molecule has 3 rings (SSSR count). The summed E-state index contributed by atoms with van der Waals surface area (Å²) in [6, 6.07) is 0. The summed E-state index contributed by atoms with van der Waals surface area (Å²) in [6.07, 6.45) is 22.3. The van der Waals surface area contributed by atoms with E-state index in [2.05, 4.69) is 36.5 Å². The van der Waals surface area contributed by atoms with Gasteiger partial charge < -0.3 is 0 Å². The van der Waals surface area contributed by atoms with E-state index >= 15 is 0 Å². The molecule has 0 radical (unpaired) electrons. The van der Waals surface area contributed by atoms with Crippen LogP contribution in [0.15, 0.2) is 47.6 Å². The van der Waals surface area contributed by atoms with Crippen molar-refractivity contribution in [2.24, 2.45) is 11.8 Å². The summed E-state index contributed by atoms with van der Waals surface area (Å²) >= 11 is 0. The summed E-state index contributed by atoms with van der Waals surface area (Å²) in [6.45, 7) is 0. The molecule has 1 unspecified atom stereocenters. The Balaban J connectivity index is 1.72. The summed E-state index contributed by atoms with van der Waals surface area (Å²) < 4.78 is 0. The van der Waals surface area contributed by atoms with Crippen LogP contribution in [-0.4, -0.2) is 0 Å². The summed E-state index contributed by atoms with van der Waals surface area (Å²) in [5.41, 5.74) is 3.17. The Morgan fingerprint density at radius 3 is 2.69 bits per heavy atom. The summed E-state index contributed by atoms with van der Waals surface area (Å²) in [5.74, 6) is 1.54. The van der Waals surface area contributed by atoms with E-state index < -0.39 is 0 Å². The zero-order valence-electron chi connectivity index (χ0n) is 9.86. The van der Waals surface area contributed by atoms with Gasteiger partial charge in [-0.25, -0.2) is 0 Å². The smallest absolute Gasteiger partial charge is 0.0207 e. The molecule has 0 heterocycles. The van der Waals surface area contributed by atoms with Crippen LogP contribution in [0.4, 0.5) is 0 Å². The van der Waals surface area contributed by atoms with E-state index in [1.165, 1.54) is 38.5 Å². The molecule has 0 aromatic heterocycles. The molecule has 0 aromatic carbocycles. The number of hydrogen-bond donors (Lipinski definition) is 0. The Labute approximate surface area is 98.4 Å². The summed E-state index contributed by atoms with van der Waals surface area (Å²) in [5, 5.41) is 0. The topological polar surface area (TPSA) is 0 Å². The van der Waals surface area contributed by atoms with Gasteiger partial charge in [-0.1, -0.05) is 68.6 Å². The van der Waals surface area contributed by atoms with Gasteiger partial charge in [-0.2, -0.15) is 0 Å². The van der Waals surface area contributed by atoms with Crippen LogP contribution in [0, 0.1) is 11.8 Å². The third kappa shape index (κ3) is 1.93. The first kappa shape index (κ1) is 10.1. The van der Waals surface area contributed by atoms with Crippen LogP contribution in [0.3, 0.4) is 0 Å². The fraction of sp³-hybridized carbons (Fsp3) is 0.500. The fourth-order valence-electron chi connectivity index (χ4n) is 3.25. The third-order valence-corrected chi connectivity index (χ3v) is 4.17. The van der Waals surface area contributed by atoms with Gasteiger partial charge in [0.1, 0.15) is 0 Å². The second kappa shape index (κ2) is 4.45. The van der Waals surface area contributed by atoms with Crippen LogP contribution in [-0.2, 0) is 0 Å². The zero-order chi connectivity index (χ0) is 10.8. The van der Waals surface area contributed by atoms with Crippen LogP contribution < -0.4 is 0 Å². The van der Waals surface area contributed by atoms with E-state index in [1.54, 1.807) is 11.1 Å². The molecule has 0 bridgehead atoms. The second-order valence-corrected chi connectivity index (χ2v) is 5.32. The largest absolute Gasteiger partial charge is 0.0732 e. The van der Waals surface area contributed by atoms with E-state index in [4.69, 9.17) is 0 Å². The predicted octanol–water partition coefficient (Wildman–Crippen LogP) is 4.57. The minimum Gasteiger partial charge on any atom is -0.0732 e. The van der Waals surface area contributed by atoms with E-state index in [9.17, 15) is 0 Å². The van der Waals surface area contributed by atoms with E-state index in [0.717, 1.165) is 5.92 Å². The highest BCUT2D eigenvalue weighted by Gasteiger charge is 2.21.